The quantitative estimate of drug-likeness (QED) is 0.495. The van der Waals surface area contributed by atoms with Gasteiger partial charge in [-0.05, 0) is 35.9 Å². The average Bonchev–Trinajstić information content (AvgIpc) is 3.29. The molecule has 0 spiro atoms. The molecule has 2 N–H and O–H groups in total. The molecule has 6 nitrogen and oxygen atoms in total. The summed E-state index contributed by atoms with van der Waals surface area (Å²) in [5.74, 6) is 0.229. The minimum atomic E-state index is -0.428. The van der Waals surface area contributed by atoms with Gasteiger partial charge in [-0.2, -0.15) is 0 Å². The number of aromatic nitrogens is 4. The summed E-state index contributed by atoms with van der Waals surface area (Å²) in [7, 11) is 0. The fraction of sp³-hybridized carbons (Fsp3) is 0.0476. The number of nitrogens with one attached hydrogen (secondary N) is 2. The van der Waals surface area contributed by atoms with E-state index in [2.05, 4.69) is 15.0 Å². The molecule has 3 heterocycles. The molecule has 5 rings (SSSR count). The Morgan fingerprint density at radius 3 is 2.89 bits per heavy atom. The normalized spacial score (nSPS) is 11.3. The summed E-state index contributed by atoms with van der Waals surface area (Å²) in [4.78, 5) is 22.8. The van der Waals surface area contributed by atoms with E-state index >= 15 is 0 Å². The van der Waals surface area contributed by atoms with Gasteiger partial charge in [0.1, 0.15) is 11.4 Å². The summed E-state index contributed by atoms with van der Waals surface area (Å²) < 4.78 is 21.1. The number of hydrogen-bond acceptors (Lipinski definition) is 3. The number of aromatic amines is 2. The summed E-state index contributed by atoms with van der Waals surface area (Å²) in [6.45, 7) is 0.338. The average molecular weight is 374 g/mol. The van der Waals surface area contributed by atoms with E-state index in [0.717, 1.165) is 27.6 Å². The summed E-state index contributed by atoms with van der Waals surface area (Å²) >= 11 is 0. The van der Waals surface area contributed by atoms with Crippen molar-refractivity contribution in [2.24, 2.45) is 0 Å². The van der Waals surface area contributed by atoms with E-state index < -0.39 is 5.82 Å². The second kappa shape index (κ2) is 6.38. The molecule has 2 aromatic carbocycles. The number of halogens is 1. The Balaban J connectivity index is 1.51. The number of imidazole rings is 1. The highest BCUT2D eigenvalue weighted by Gasteiger charge is 2.12. The van der Waals surface area contributed by atoms with Crippen LogP contribution >= 0.6 is 0 Å². The van der Waals surface area contributed by atoms with E-state index in [4.69, 9.17) is 4.74 Å². The van der Waals surface area contributed by atoms with Crippen molar-refractivity contribution in [1.29, 1.82) is 0 Å². The van der Waals surface area contributed by atoms with Crippen molar-refractivity contribution in [2.75, 3.05) is 0 Å². The number of ether oxygens (including phenoxy) is 1. The van der Waals surface area contributed by atoms with Gasteiger partial charge < -0.3 is 14.7 Å². The maximum absolute atomic E-state index is 13.8. The van der Waals surface area contributed by atoms with E-state index in [-0.39, 0.29) is 11.4 Å². The molecule has 0 aliphatic carbocycles. The van der Waals surface area contributed by atoms with E-state index in [1.165, 1.54) is 6.07 Å². The zero-order chi connectivity index (χ0) is 19.1. The van der Waals surface area contributed by atoms with Gasteiger partial charge in [0.05, 0.1) is 23.8 Å². The van der Waals surface area contributed by atoms with Crippen molar-refractivity contribution in [3.05, 3.63) is 88.9 Å². The lowest BCUT2D eigenvalue weighted by Gasteiger charge is -2.09. The van der Waals surface area contributed by atoms with Crippen molar-refractivity contribution >= 4 is 22.1 Å². The smallest absolute Gasteiger partial charge is 0.326 e. The predicted molar refractivity (Wildman–Crippen MR) is 104 cm³/mol. The number of pyridine rings is 1. The first kappa shape index (κ1) is 16.3. The highest BCUT2D eigenvalue weighted by atomic mass is 19.1. The Morgan fingerprint density at radius 2 is 2.00 bits per heavy atom. The lowest BCUT2D eigenvalue weighted by molar-refractivity contribution is 0.441. The molecule has 0 fully saturated rings. The number of nitrogens with zero attached hydrogens (tertiary/aromatic N) is 2. The van der Waals surface area contributed by atoms with Crippen molar-refractivity contribution in [3.8, 4) is 11.5 Å². The van der Waals surface area contributed by atoms with Gasteiger partial charge in [-0.1, -0.05) is 24.3 Å². The molecule has 0 saturated carbocycles. The first-order valence-corrected chi connectivity index (χ1v) is 8.75. The molecule has 0 bridgehead atoms. The second-order valence-corrected chi connectivity index (χ2v) is 6.45. The second-order valence-electron chi connectivity index (χ2n) is 6.45. The van der Waals surface area contributed by atoms with Crippen molar-refractivity contribution in [3.63, 3.8) is 0 Å². The van der Waals surface area contributed by atoms with Gasteiger partial charge in [0.15, 0.2) is 11.6 Å². The molecule has 0 saturated heterocycles. The third-order valence-corrected chi connectivity index (χ3v) is 4.64. The highest BCUT2D eigenvalue weighted by Crippen LogP contribution is 2.25. The van der Waals surface area contributed by atoms with Crippen LogP contribution in [0.1, 0.15) is 5.56 Å². The van der Waals surface area contributed by atoms with Gasteiger partial charge in [-0.25, -0.2) is 14.2 Å². The van der Waals surface area contributed by atoms with E-state index in [1.807, 2.05) is 18.2 Å². The minimum absolute atomic E-state index is 0.156. The summed E-state index contributed by atoms with van der Waals surface area (Å²) in [6, 6.07) is 15.4. The molecule has 28 heavy (non-hydrogen) atoms. The lowest BCUT2D eigenvalue weighted by atomic mass is 10.2. The van der Waals surface area contributed by atoms with E-state index in [9.17, 15) is 9.18 Å². The SMILES string of the molecule is O=c1[nH]c2c3cc[nH]c3ncc2n1Cc1cccc(Oc2ccccc2F)c1. The van der Waals surface area contributed by atoms with Crippen LogP contribution in [0.3, 0.4) is 0 Å². The van der Waals surface area contributed by atoms with Crippen LogP contribution in [0.5, 0.6) is 11.5 Å². The lowest BCUT2D eigenvalue weighted by Crippen LogP contribution is -2.17. The Labute approximate surface area is 158 Å². The molecule has 0 aliphatic heterocycles. The van der Waals surface area contributed by atoms with Gasteiger partial charge >= 0.3 is 5.69 Å². The van der Waals surface area contributed by atoms with Gasteiger partial charge in [0.25, 0.3) is 0 Å². The Morgan fingerprint density at radius 1 is 1.11 bits per heavy atom. The molecule has 0 amide bonds. The van der Waals surface area contributed by atoms with Crippen LogP contribution in [-0.2, 0) is 6.54 Å². The third-order valence-electron chi connectivity index (χ3n) is 4.64. The molecule has 0 radical (unpaired) electrons. The van der Waals surface area contributed by atoms with Crippen LogP contribution in [0.25, 0.3) is 22.1 Å². The van der Waals surface area contributed by atoms with Crippen LogP contribution < -0.4 is 10.4 Å². The predicted octanol–water partition coefficient (Wildman–Crippen LogP) is 4.19. The van der Waals surface area contributed by atoms with Crippen LogP contribution in [0.4, 0.5) is 4.39 Å². The molecule has 7 heteroatoms. The summed E-state index contributed by atoms with van der Waals surface area (Å²) in [6.07, 6.45) is 3.46. The van der Waals surface area contributed by atoms with Crippen LogP contribution in [0.15, 0.2) is 71.8 Å². The van der Waals surface area contributed by atoms with Gasteiger partial charge in [0, 0.05) is 11.6 Å². The fourth-order valence-corrected chi connectivity index (χ4v) is 3.32. The first-order valence-electron chi connectivity index (χ1n) is 8.75. The van der Waals surface area contributed by atoms with Gasteiger partial charge in [-0.15, -0.1) is 0 Å². The minimum Gasteiger partial charge on any atom is -0.454 e. The Hall–Kier alpha value is -3.87. The van der Waals surface area contributed by atoms with Crippen LogP contribution in [0.2, 0.25) is 0 Å². The summed E-state index contributed by atoms with van der Waals surface area (Å²) in [5, 5.41) is 0.866. The van der Waals surface area contributed by atoms with Crippen molar-refractivity contribution in [2.45, 2.75) is 6.54 Å². The molecule has 5 aromatic rings. The molecular formula is C21H15FN4O2. The number of hydrogen-bond donors (Lipinski definition) is 2. The van der Waals surface area contributed by atoms with Crippen LogP contribution in [-0.4, -0.2) is 19.5 Å². The number of fused-ring (bicyclic) bond motifs is 3. The van der Waals surface area contributed by atoms with Crippen LogP contribution in [0, 0.1) is 5.82 Å². The largest absolute Gasteiger partial charge is 0.454 e. The fourth-order valence-electron chi connectivity index (χ4n) is 3.32. The Kier molecular flexibility index (Phi) is 3.72. The van der Waals surface area contributed by atoms with Gasteiger partial charge in [-0.3, -0.25) is 4.57 Å². The molecular weight excluding hydrogens is 359 g/mol. The third kappa shape index (κ3) is 2.73. The molecule has 138 valence electrons. The Bertz CT molecular complexity index is 1370. The maximum atomic E-state index is 13.8. The molecule has 0 unspecified atom stereocenters. The number of rotatable bonds is 4. The number of para-hydroxylation sites is 1. The topological polar surface area (TPSA) is 75.7 Å². The van der Waals surface area contributed by atoms with E-state index in [1.54, 1.807) is 47.3 Å². The standard InChI is InChI=1S/C21H15FN4O2/c22-16-6-1-2-7-18(16)28-14-5-3-4-13(10-14)12-26-17-11-24-20-15(8-9-23-20)19(17)25-21(26)27/h1-11H,12H2,(H,23,24)(H,25,27). The monoisotopic (exact) mass is 374 g/mol. The first-order chi connectivity index (χ1) is 13.7. The number of benzene rings is 2. The zero-order valence-corrected chi connectivity index (χ0v) is 14.6. The summed E-state index contributed by atoms with van der Waals surface area (Å²) in [5.41, 5.74) is 2.82. The maximum Gasteiger partial charge on any atom is 0.326 e. The zero-order valence-electron chi connectivity index (χ0n) is 14.6. The molecule has 0 aliphatic rings. The van der Waals surface area contributed by atoms with Crippen molar-refractivity contribution in [1.82, 2.24) is 19.5 Å². The van der Waals surface area contributed by atoms with Gasteiger partial charge in [0.2, 0.25) is 0 Å². The molecule has 0 atom stereocenters. The van der Waals surface area contributed by atoms with Crippen molar-refractivity contribution < 1.29 is 9.13 Å². The number of H-pyrrole nitrogens is 2. The molecule has 3 aromatic heterocycles. The van der Waals surface area contributed by atoms with E-state index in [0.29, 0.717) is 12.3 Å². The highest BCUT2D eigenvalue weighted by molar-refractivity contribution is 6.00.